The first kappa shape index (κ1) is 15.3. The van der Waals surface area contributed by atoms with Crippen molar-refractivity contribution in [3.63, 3.8) is 0 Å². The van der Waals surface area contributed by atoms with Gasteiger partial charge in [0.15, 0.2) is 5.96 Å². The second kappa shape index (κ2) is 6.77. The van der Waals surface area contributed by atoms with Gasteiger partial charge in [-0.1, -0.05) is 0 Å². The molecule has 96 valence electrons. The molecule has 0 radical (unpaired) electrons. The second-order valence-electron chi connectivity index (χ2n) is 4.86. The molecule has 0 aliphatic rings. The van der Waals surface area contributed by atoms with E-state index in [-0.39, 0.29) is 5.54 Å². The first-order valence-electron chi connectivity index (χ1n) is 6.49. The van der Waals surface area contributed by atoms with Gasteiger partial charge in [0, 0.05) is 31.7 Å². The molecule has 3 heteroatoms. The highest BCUT2D eigenvalue weighted by Gasteiger charge is 2.25. The van der Waals surface area contributed by atoms with Crippen molar-refractivity contribution in [3.05, 3.63) is 0 Å². The maximum Gasteiger partial charge on any atom is 0.196 e. The molecule has 0 saturated heterocycles. The Morgan fingerprint density at radius 2 is 1.44 bits per heavy atom. The fraction of sp³-hybridized carbons (Fsp3) is 0.923. The van der Waals surface area contributed by atoms with Gasteiger partial charge in [-0.3, -0.25) is 4.99 Å². The average molecular weight is 227 g/mol. The standard InChI is InChI=1S/C13H29N3/c1-8-14-12(15(9-2)10-3)16(11-4)13(5,6)7/h8-11H2,1-7H3/b14-12-. The molecule has 0 heterocycles. The Morgan fingerprint density at radius 1 is 0.938 bits per heavy atom. The van der Waals surface area contributed by atoms with E-state index in [9.17, 15) is 0 Å². The van der Waals surface area contributed by atoms with E-state index in [0.29, 0.717) is 0 Å². The highest BCUT2D eigenvalue weighted by atomic mass is 15.4. The zero-order valence-corrected chi connectivity index (χ0v) is 12.2. The Bertz CT molecular complexity index is 212. The van der Waals surface area contributed by atoms with Crippen molar-refractivity contribution in [2.24, 2.45) is 4.99 Å². The Hall–Kier alpha value is -0.730. The molecular weight excluding hydrogens is 198 g/mol. The first-order chi connectivity index (χ1) is 7.42. The predicted octanol–water partition coefficient (Wildman–Crippen LogP) is 2.82. The summed E-state index contributed by atoms with van der Waals surface area (Å²) in [5, 5.41) is 0. The highest BCUT2D eigenvalue weighted by molar-refractivity contribution is 5.80. The smallest absolute Gasteiger partial charge is 0.196 e. The summed E-state index contributed by atoms with van der Waals surface area (Å²) in [7, 11) is 0. The van der Waals surface area contributed by atoms with E-state index in [1.54, 1.807) is 0 Å². The van der Waals surface area contributed by atoms with Crippen LogP contribution >= 0.6 is 0 Å². The number of nitrogens with zero attached hydrogens (tertiary/aromatic N) is 3. The van der Waals surface area contributed by atoms with Crippen molar-refractivity contribution in [1.82, 2.24) is 9.80 Å². The quantitative estimate of drug-likeness (QED) is 0.543. The maximum absolute atomic E-state index is 4.67. The first-order valence-corrected chi connectivity index (χ1v) is 6.49. The van der Waals surface area contributed by atoms with Crippen molar-refractivity contribution in [1.29, 1.82) is 0 Å². The topological polar surface area (TPSA) is 18.8 Å². The molecule has 0 aromatic carbocycles. The van der Waals surface area contributed by atoms with Crippen molar-refractivity contribution in [2.75, 3.05) is 26.2 Å². The lowest BCUT2D eigenvalue weighted by atomic mass is 10.1. The molecule has 0 unspecified atom stereocenters. The van der Waals surface area contributed by atoms with Crippen LogP contribution in [-0.4, -0.2) is 47.5 Å². The summed E-state index contributed by atoms with van der Waals surface area (Å²) < 4.78 is 0. The van der Waals surface area contributed by atoms with E-state index in [0.717, 1.165) is 32.1 Å². The molecule has 0 fully saturated rings. The van der Waals surface area contributed by atoms with Gasteiger partial charge >= 0.3 is 0 Å². The largest absolute Gasteiger partial charge is 0.343 e. The normalized spacial score (nSPS) is 12.8. The van der Waals surface area contributed by atoms with E-state index in [1.165, 1.54) is 0 Å². The summed E-state index contributed by atoms with van der Waals surface area (Å²) in [6.07, 6.45) is 0. The minimum Gasteiger partial charge on any atom is -0.343 e. The van der Waals surface area contributed by atoms with Gasteiger partial charge in [0.05, 0.1) is 0 Å². The molecule has 16 heavy (non-hydrogen) atoms. The van der Waals surface area contributed by atoms with Crippen LogP contribution in [0.25, 0.3) is 0 Å². The Morgan fingerprint density at radius 3 is 1.69 bits per heavy atom. The molecule has 3 nitrogen and oxygen atoms in total. The fourth-order valence-corrected chi connectivity index (χ4v) is 1.92. The van der Waals surface area contributed by atoms with Crippen molar-refractivity contribution >= 4 is 5.96 Å². The molecule has 0 rings (SSSR count). The van der Waals surface area contributed by atoms with Crippen molar-refractivity contribution < 1.29 is 0 Å². The van der Waals surface area contributed by atoms with E-state index >= 15 is 0 Å². The van der Waals surface area contributed by atoms with Crippen LogP contribution in [0.4, 0.5) is 0 Å². The summed E-state index contributed by atoms with van der Waals surface area (Å²) in [4.78, 5) is 9.38. The van der Waals surface area contributed by atoms with Gasteiger partial charge in [-0.05, 0) is 48.5 Å². The number of hydrogen-bond donors (Lipinski definition) is 0. The highest BCUT2D eigenvalue weighted by Crippen LogP contribution is 2.15. The molecular formula is C13H29N3. The van der Waals surface area contributed by atoms with Crippen molar-refractivity contribution in [2.45, 2.75) is 54.0 Å². The molecule has 0 aromatic heterocycles. The van der Waals surface area contributed by atoms with E-state index in [2.05, 4.69) is 63.3 Å². The molecule has 0 saturated carbocycles. The molecule has 0 amide bonds. The third kappa shape index (κ3) is 4.03. The zero-order chi connectivity index (χ0) is 12.8. The minimum atomic E-state index is 0.130. The monoisotopic (exact) mass is 227 g/mol. The molecule has 0 spiro atoms. The number of aliphatic imine (C=N–C) groups is 1. The van der Waals surface area contributed by atoms with Crippen LogP contribution in [0.3, 0.4) is 0 Å². The fourth-order valence-electron chi connectivity index (χ4n) is 1.92. The lowest BCUT2D eigenvalue weighted by Crippen LogP contribution is -2.52. The molecule has 0 N–H and O–H groups in total. The van der Waals surface area contributed by atoms with Crippen LogP contribution in [0.5, 0.6) is 0 Å². The van der Waals surface area contributed by atoms with E-state index in [1.807, 2.05) is 0 Å². The van der Waals surface area contributed by atoms with Gasteiger partial charge in [0.2, 0.25) is 0 Å². The molecule has 0 atom stereocenters. The summed E-state index contributed by atoms with van der Waals surface area (Å²) in [6, 6.07) is 0. The SMILES string of the molecule is CC/N=C(/N(CC)CC)N(CC)C(C)(C)C. The number of hydrogen-bond acceptors (Lipinski definition) is 1. The Balaban J connectivity index is 5.09. The van der Waals surface area contributed by atoms with Crippen LogP contribution in [0.15, 0.2) is 4.99 Å². The number of rotatable bonds is 4. The van der Waals surface area contributed by atoms with Crippen LogP contribution in [0.1, 0.15) is 48.5 Å². The summed E-state index contributed by atoms with van der Waals surface area (Å²) in [5.41, 5.74) is 0.130. The molecule has 0 aliphatic carbocycles. The van der Waals surface area contributed by atoms with Gasteiger partial charge in [-0.25, -0.2) is 0 Å². The third-order valence-corrected chi connectivity index (χ3v) is 2.71. The Kier molecular flexibility index (Phi) is 6.46. The average Bonchev–Trinajstić information content (AvgIpc) is 2.18. The van der Waals surface area contributed by atoms with E-state index in [4.69, 9.17) is 0 Å². The molecule has 0 aliphatic heterocycles. The zero-order valence-electron chi connectivity index (χ0n) is 12.2. The maximum atomic E-state index is 4.67. The lowest BCUT2D eigenvalue weighted by Gasteiger charge is -2.41. The Labute approximate surface area is 102 Å². The van der Waals surface area contributed by atoms with Crippen molar-refractivity contribution in [3.8, 4) is 0 Å². The van der Waals surface area contributed by atoms with Gasteiger partial charge in [-0.2, -0.15) is 0 Å². The summed E-state index contributed by atoms with van der Waals surface area (Å²) in [6.45, 7) is 19.3. The van der Waals surface area contributed by atoms with Crippen LogP contribution in [0.2, 0.25) is 0 Å². The minimum absolute atomic E-state index is 0.130. The lowest BCUT2D eigenvalue weighted by molar-refractivity contribution is 0.212. The van der Waals surface area contributed by atoms with Gasteiger partial charge < -0.3 is 9.80 Å². The second-order valence-corrected chi connectivity index (χ2v) is 4.86. The van der Waals surface area contributed by atoms with Crippen LogP contribution in [0, 0.1) is 0 Å². The van der Waals surface area contributed by atoms with Gasteiger partial charge in [-0.15, -0.1) is 0 Å². The summed E-state index contributed by atoms with van der Waals surface area (Å²) in [5.74, 6) is 1.14. The molecule has 0 bridgehead atoms. The third-order valence-electron chi connectivity index (χ3n) is 2.71. The van der Waals surface area contributed by atoms with Crippen LogP contribution in [-0.2, 0) is 0 Å². The van der Waals surface area contributed by atoms with Crippen LogP contribution < -0.4 is 0 Å². The van der Waals surface area contributed by atoms with E-state index < -0.39 is 0 Å². The molecule has 0 aromatic rings. The number of guanidine groups is 1. The summed E-state index contributed by atoms with van der Waals surface area (Å²) >= 11 is 0. The predicted molar refractivity (Wildman–Crippen MR) is 73.0 cm³/mol. The van der Waals surface area contributed by atoms with Gasteiger partial charge in [0.25, 0.3) is 0 Å². The van der Waals surface area contributed by atoms with Gasteiger partial charge in [0.1, 0.15) is 0 Å².